The topological polar surface area (TPSA) is 110 Å². The van der Waals surface area contributed by atoms with Crippen LogP contribution in [0.4, 0.5) is 5.82 Å². The van der Waals surface area contributed by atoms with Gasteiger partial charge >= 0.3 is 5.97 Å². The third-order valence-corrected chi connectivity index (χ3v) is 7.03. The summed E-state index contributed by atoms with van der Waals surface area (Å²) in [6.07, 6.45) is 1.68. The maximum absolute atomic E-state index is 13.5. The Balaban J connectivity index is 1.46. The van der Waals surface area contributed by atoms with E-state index >= 15 is 0 Å². The second-order valence-electron chi connectivity index (χ2n) is 10.1. The molecule has 3 heterocycles. The fourth-order valence-corrected chi connectivity index (χ4v) is 4.67. The van der Waals surface area contributed by atoms with Crippen LogP contribution in [-0.4, -0.2) is 43.8 Å². The van der Waals surface area contributed by atoms with Crippen molar-refractivity contribution in [1.82, 2.24) is 19.7 Å². The molecule has 4 aromatic rings. The summed E-state index contributed by atoms with van der Waals surface area (Å²) in [6, 6.07) is 16.9. The summed E-state index contributed by atoms with van der Waals surface area (Å²) in [6.45, 7) is 7.80. The fraction of sp³-hybridized carbons (Fsp3) is 0.276. The summed E-state index contributed by atoms with van der Waals surface area (Å²) < 4.78 is 7.48. The largest absolute Gasteiger partial charge is 0.496 e. The number of hydrogen-bond donors (Lipinski definition) is 1. The van der Waals surface area contributed by atoms with Crippen LogP contribution >= 0.6 is 0 Å². The normalized spacial score (nSPS) is 13.2. The van der Waals surface area contributed by atoms with Crippen molar-refractivity contribution in [2.24, 2.45) is 0 Å². The molecule has 0 radical (unpaired) electrons. The Morgan fingerprint density at radius 1 is 1.08 bits per heavy atom. The predicted molar refractivity (Wildman–Crippen MR) is 143 cm³/mol. The number of amides is 1. The van der Waals surface area contributed by atoms with Crippen LogP contribution in [0.3, 0.4) is 0 Å². The second-order valence-corrected chi connectivity index (χ2v) is 10.1. The van der Waals surface area contributed by atoms with Crippen LogP contribution in [0.15, 0.2) is 60.9 Å². The Labute approximate surface area is 220 Å². The van der Waals surface area contributed by atoms with Gasteiger partial charge in [0.25, 0.3) is 5.91 Å². The molecule has 9 nitrogen and oxygen atoms in total. The van der Waals surface area contributed by atoms with Crippen LogP contribution in [0.2, 0.25) is 0 Å². The number of nitrogens with zero attached hydrogens (tertiary/aromatic N) is 5. The Hall–Kier alpha value is -4.53. The van der Waals surface area contributed by atoms with Gasteiger partial charge in [-0.25, -0.2) is 4.98 Å². The summed E-state index contributed by atoms with van der Waals surface area (Å²) in [4.78, 5) is 31.7. The first-order valence-electron chi connectivity index (χ1n) is 12.4. The molecular formula is C29H29N5O4. The number of carboxylic acid groups (broad SMARTS) is 1. The number of hydrogen-bond acceptors (Lipinski definition) is 6. The smallest absolute Gasteiger partial charge is 0.313 e. The predicted octanol–water partition coefficient (Wildman–Crippen LogP) is 5.12. The summed E-state index contributed by atoms with van der Waals surface area (Å²) in [7, 11) is 1.52. The summed E-state index contributed by atoms with van der Waals surface area (Å²) >= 11 is 0. The molecule has 0 unspecified atom stereocenters. The Morgan fingerprint density at radius 3 is 2.53 bits per heavy atom. The molecule has 2 aromatic heterocycles. The summed E-state index contributed by atoms with van der Waals surface area (Å²) in [5, 5.41) is 17.9. The number of rotatable bonds is 7. The van der Waals surface area contributed by atoms with Gasteiger partial charge in [-0.1, -0.05) is 30.3 Å². The second kappa shape index (κ2) is 9.41. The first-order valence-corrected chi connectivity index (χ1v) is 12.4. The molecule has 1 aliphatic heterocycles. The molecule has 0 bridgehead atoms. The van der Waals surface area contributed by atoms with Crippen molar-refractivity contribution in [3.63, 3.8) is 0 Å². The van der Waals surface area contributed by atoms with Gasteiger partial charge in [-0.3, -0.25) is 14.5 Å². The van der Waals surface area contributed by atoms with Crippen LogP contribution < -0.4 is 9.64 Å². The van der Waals surface area contributed by atoms with E-state index in [-0.39, 0.29) is 11.9 Å². The number of pyridine rings is 1. The Morgan fingerprint density at radius 2 is 1.82 bits per heavy atom. The number of anilines is 1. The zero-order valence-electron chi connectivity index (χ0n) is 22.0. The first-order chi connectivity index (χ1) is 18.1. The van der Waals surface area contributed by atoms with Gasteiger partial charge in [0.2, 0.25) is 0 Å². The van der Waals surface area contributed by atoms with E-state index in [0.29, 0.717) is 40.8 Å². The molecule has 0 spiro atoms. The van der Waals surface area contributed by atoms with Crippen LogP contribution in [0.5, 0.6) is 5.75 Å². The van der Waals surface area contributed by atoms with E-state index in [1.807, 2.05) is 66.9 Å². The van der Waals surface area contributed by atoms with Gasteiger partial charge in [0.1, 0.15) is 23.6 Å². The zero-order valence-corrected chi connectivity index (χ0v) is 22.0. The van der Waals surface area contributed by atoms with Crippen molar-refractivity contribution < 1.29 is 19.4 Å². The van der Waals surface area contributed by atoms with Crippen LogP contribution in [-0.2, 0) is 16.8 Å². The highest BCUT2D eigenvalue weighted by atomic mass is 16.5. The lowest BCUT2D eigenvalue weighted by Gasteiger charge is -2.23. The monoisotopic (exact) mass is 511 g/mol. The number of aromatic nitrogens is 4. The molecule has 1 N–H and O–H groups in total. The molecular weight excluding hydrogens is 482 g/mol. The minimum atomic E-state index is -1.11. The van der Waals surface area contributed by atoms with Gasteiger partial charge in [0.15, 0.2) is 5.82 Å². The van der Waals surface area contributed by atoms with Gasteiger partial charge in [-0.2, -0.15) is 0 Å². The zero-order chi connectivity index (χ0) is 27.2. The third-order valence-electron chi connectivity index (χ3n) is 7.03. The molecule has 0 aliphatic carbocycles. The van der Waals surface area contributed by atoms with E-state index < -0.39 is 11.4 Å². The molecule has 2 aromatic carbocycles. The first kappa shape index (κ1) is 25.1. The van der Waals surface area contributed by atoms with Gasteiger partial charge in [0.05, 0.1) is 19.1 Å². The van der Waals surface area contributed by atoms with E-state index in [9.17, 15) is 14.7 Å². The highest BCUT2D eigenvalue weighted by Crippen LogP contribution is 2.37. The molecule has 0 fully saturated rings. The molecule has 38 heavy (non-hydrogen) atoms. The molecule has 5 rings (SSSR count). The number of aliphatic carboxylic acids is 1. The lowest BCUT2D eigenvalue weighted by Crippen LogP contribution is -2.29. The van der Waals surface area contributed by atoms with E-state index in [2.05, 4.69) is 10.2 Å². The number of carbonyl (C=O) groups excluding carboxylic acids is 1. The minimum absolute atomic E-state index is 0.132. The van der Waals surface area contributed by atoms with E-state index in [0.717, 1.165) is 16.7 Å². The third kappa shape index (κ3) is 4.19. The average molecular weight is 512 g/mol. The fourth-order valence-electron chi connectivity index (χ4n) is 4.67. The van der Waals surface area contributed by atoms with E-state index in [1.54, 1.807) is 31.1 Å². The highest BCUT2D eigenvalue weighted by Gasteiger charge is 2.33. The van der Waals surface area contributed by atoms with Crippen molar-refractivity contribution >= 4 is 17.7 Å². The van der Waals surface area contributed by atoms with Crippen LogP contribution in [0, 0.1) is 0 Å². The maximum Gasteiger partial charge on any atom is 0.313 e. The Kier molecular flexibility index (Phi) is 6.22. The molecule has 9 heteroatoms. The lowest BCUT2D eigenvalue weighted by atomic mass is 9.83. The van der Waals surface area contributed by atoms with Crippen LogP contribution in [0.25, 0.3) is 22.6 Å². The highest BCUT2D eigenvalue weighted by molar-refractivity contribution is 6.10. The summed E-state index contributed by atoms with van der Waals surface area (Å²) in [5.41, 5.74) is 3.30. The number of carboxylic acids is 1. The number of ether oxygens (including phenoxy) is 1. The van der Waals surface area contributed by atoms with Gasteiger partial charge in [-0.05, 0) is 68.7 Å². The number of carbonyl (C=O) groups is 2. The molecule has 0 saturated carbocycles. The van der Waals surface area contributed by atoms with Gasteiger partial charge in [0, 0.05) is 17.2 Å². The van der Waals surface area contributed by atoms with Crippen molar-refractivity contribution in [1.29, 1.82) is 0 Å². The molecule has 1 aliphatic rings. The SMILES string of the molecule is COc1cc(-c2ccc3c(c2)C(=O)N(c2cccc(-c4nncn4C(C)C)n2)C3)ccc1C(C)(C)C(=O)O. The molecule has 1 amide bonds. The van der Waals surface area contributed by atoms with E-state index in [4.69, 9.17) is 9.72 Å². The van der Waals surface area contributed by atoms with Crippen molar-refractivity contribution in [3.05, 3.63) is 77.6 Å². The molecule has 0 saturated heterocycles. The number of fused-ring (bicyclic) bond motifs is 1. The number of benzene rings is 2. The van der Waals surface area contributed by atoms with Gasteiger partial charge < -0.3 is 14.4 Å². The van der Waals surface area contributed by atoms with Crippen molar-refractivity contribution in [2.45, 2.75) is 45.7 Å². The lowest BCUT2D eigenvalue weighted by molar-refractivity contribution is -0.142. The number of methoxy groups -OCH3 is 1. The van der Waals surface area contributed by atoms with Crippen LogP contribution in [0.1, 0.15) is 55.2 Å². The molecule has 194 valence electrons. The average Bonchev–Trinajstić information content (AvgIpc) is 3.53. The standard InChI is InChI=1S/C29H29N5O4/c1-17(2)34-16-30-32-26(34)23-7-6-8-25(31-23)33-15-20-10-9-18(13-21(20)27(33)35)19-11-12-22(24(14-19)38-5)29(3,4)28(36)37/h6-14,16-17H,15H2,1-5H3,(H,36,37). The van der Waals surface area contributed by atoms with Crippen molar-refractivity contribution in [3.8, 4) is 28.4 Å². The van der Waals surface area contributed by atoms with E-state index in [1.165, 1.54) is 7.11 Å². The quantitative estimate of drug-likeness (QED) is 0.367. The maximum atomic E-state index is 13.5. The van der Waals surface area contributed by atoms with Gasteiger partial charge in [-0.15, -0.1) is 10.2 Å². The minimum Gasteiger partial charge on any atom is -0.496 e. The Bertz CT molecular complexity index is 1560. The summed E-state index contributed by atoms with van der Waals surface area (Å²) in [5.74, 6) is 0.613. The van der Waals surface area contributed by atoms with Crippen molar-refractivity contribution in [2.75, 3.05) is 12.0 Å². The molecule has 0 atom stereocenters.